The SMILES string of the molecule is CCOc1ccc(C2=C(N3CC(C)OC(C)C3)C(=O)N(c3ccc(C)c(Cl)c3)C2=O)cc1. The van der Waals surface area contributed by atoms with E-state index in [1.807, 2.05) is 62.9 Å². The molecule has 0 aliphatic carbocycles. The first-order chi connectivity index (χ1) is 15.3. The van der Waals surface area contributed by atoms with E-state index in [4.69, 9.17) is 21.1 Å². The van der Waals surface area contributed by atoms with E-state index in [1.165, 1.54) is 4.90 Å². The van der Waals surface area contributed by atoms with Gasteiger partial charge >= 0.3 is 0 Å². The van der Waals surface area contributed by atoms with E-state index in [-0.39, 0.29) is 24.0 Å². The minimum absolute atomic E-state index is 0.0569. The summed E-state index contributed by atoms with van der Waals surface area (Å²) in [4.78, 5) is 30.5. The predicted molar refractivity (Wildman–Crippen MR) is 125 cm³/mol. The highest BCUT2D eigenvalue weighted by atomic mass is 35.5. The summed E-state index contributed by atoms with van der Waals surface area (Å²) in [7, 11) is 0. The monoisotopic (exact) mass is 454 g/mol. The molecule has 0 spiro atoms. The Labute approximate surface area is 193 Å². The summed E-state index contributed by atoms with van der Waals surface area (Å²) in [5.74, 6) is 0.00643. The number of carbonyl (C=O) groups is 2. The lowest BCUT2D eigenvalue weighted by molar-refractivity contribution is -0.121. The van der Waals surface area contributed by atoms with Crippen molar-refractivity contribution in [3.63, 3.8) is 0 Å². The van der Waals surface area contributed by atoms with Gasteiger partial charge in [-0.1, -0.05) is 29.8 Å². The first-order valence-corrected chi connectivity index (χ1v) is 11.2. The fourth-order valence-corrected chi connectivity index (χ4v) is 4.45. The topological polar surface area (TPSA) is 59.1 Å². The van der Waals surface area contributed by atoms with Crippen LogP contribution in [0.4, 0.5) is 5.69 Å². The molecule has 6 nitrogen and oxygen atoms in total. The number of rotatable bonds is 5. The number of nitrogens with zero attached hydrogens (tertiary/aromatic N) is 2. The molecule has 1 fully saturated rings. The van der Waals surface area contributed by atoms with Gasteiger partial charge < -0.3 is 14.4 Å². The standard InChI is InChI=1S/C25H27ClN2O4/c1-5-31-20-10-7-18(8-11-20)22-23(27-13-16(3)32-17(4)14-27)25(30)28(24(22)29)19-9-6-15(2)21(26)12-19/h6-12,16-17H,5,13-14H2,1-4H3. The van der Waals surface area contributed by atoms with Gasteiger partial charge in [0.2, 0.25) is 0 Å². The van der Waals surface area contributed by atoms with Crippen LogP contribution < -0.4 is 9.64 Å². The van der Waals surface area contributed by atoms with Gasteiger partial charge in [0.1, 0.15) is 11.4 Å². The van der Waals surface area contributed by atoms with Crippen LogP contribution in [0.25, 0.3) is 5.57 Å². The molecule has 2 aliphatic rings. The molecular formula is C25H27ClN2O4. The second-order valence-electron chi connectivity index (χ2n) is 8.22. The third-order valence-electron chi connectivity index (χ3n) is 5.66. The van der Waals surface area contributed by atoms with Crippen LogP contribution in [0.1, 0.15) is 31.9 Å². The van der Waals surface area contributed by atoms with Crippen LogP contribution in [0.15, 0.2) is 48.2 Å². The molecule has 4 rings (SSSR count). The number of anilines is 1. The van der Waals surface area contributed by atoms with E-state index < -0.39 is 0 Å². The summed E-state index contributed by atoms with van der Waals surface area (Å²) in [6, 6.07) is 12.5. The summed E-state index contributed by atoms with van der Waals surface area (Å²) in [6.45, 7) is 9.35. The molecule has 2 aromatic carbocycles. The van der Waals surface area contributed by atoms with Crippen molar-refractivity contribution in [3.05, 3.63) is 64.3 Å². The Kier molecular flexibility index (Phi) is 6.26. The summed E-state index contributed by atoms with van der Waals surface area (Å²) in [6.07, 6.45) is -0.114. The highest BCUT2D eigenvalue weighted by Crippen LogP contribution is 2.37. The molecule has 2 atom stereocenters. The van der Waals surface area contributed by atoms with Gasteiger partial charge in [-0.2, -0.15) is 0 Å². The van der Waals surface area contributed by atoms with Crippen molar-refractivity contribution in [1.82, 2.24) is 4.90 Å². The molecule has 168 valence electrons. The minimum atomic E-state index is -0.360. The fraction of sp³-hybridized carbons (Fsp3) is 0.360. The number of amides is 2. The van der Waals surface area contributed by atoms with Gasteiger partial charge in [0.25, 0.3) is 11.8 Å². The van der Waals surface area contributed by atoms with Gasteiger partial charge in [-0.25, -0.2) is 4.90 Å². The Hall–Kier alpha value is -2.83. The molecule has 0 bridgehead atoms. The molecule has 0 aromatic heterocycles. The second-order valence-corrected chi connectivity index (χ2v) is 8.63. The lowest BCUT2D eigenvalue weighted by atomic mass is 10.0. The molecule has 1 saturated heterocycles. The van der Waals surface area contributed by atoms with Crippen molar-refractivity contribution in [3.8, 4) is 5.75 Å². The maximum absolute atomic E-state index is 13.7. The lowest BCUT2D eigenvalue weighted by Gasteiger charge is -2.37. The fourth-order valence-electron chi connectivity index (χ4n) is 4.27. The van der Waals surface area contributed by atoms with E-state index in [0.29, 0.717) is 53.0 Å². The number of halogens is 1. The zero-order valence-corrected chi connectivity index (χ0v) is 19.5. The number of hydrogen-bond acceptors (Lipinski definition) is 5. The average molecular weight is 455 g/mol. The first kappa shape index (κ1) is 22.4. The number of imide groups is 1. The molecule has 2 aliphatic heterocycles. The Morgan fingerprint density at radius 2 is 1.69 bits per heavy atom. The van der Waals surface area contributed by atoms with Crippen molar-refractivity contribution in [2.75, 3.05) is 24.6 Å². The first-order valence-electron chi connectivity index (χ1n) is 10.8. The van der Waals surface area contributed by atoms with Crippen molar-refractivity contribution in [2.45, 2.75) is 39.9 Å². The van der Waals surface area contributed by atoms with Crippen LogP contribution in [-0.2, 0) is 14.3 Å². The summed E-state index contributed by atoms with van der Waals surface area (Å²) < 4.78 is 11.4. The maximum atomic E-state index is 13.7. The number of hydrogen-bond donors (Lipinski definition) is 0. The normalized spacial score (nSPS) is 21.5. The molecule has 2 heterocycles. The van der Waals surface area contributed by atoms with Crippen LogP contribution >= 0.6 is 11.6 Å². The Balaban J connectivity index is 1.81. The van der Waals surface area contributed by atoms with Gasteiger partial charge in [-0.3, -0.25) is 9.59 Å². The maximum Gasteiger partial charge on any atom is 0.282 e. The van der Waals surface area contributed by atoms with Crippen LogP contribution in [-0.4, -0.2) is 48.6 Å². The molecule has 0 saturated carbocycles. The van der Waals surface area contributed by atoms with Crippen LogP contribution in [0.3, 0.4) is 0 Å². The Morgan fingerprint density at radius 1 is 1.03 bits per heavy atom. The average Bonchev–Trinajstić information content (AvgIpc) is 3.00. The smallest absolute Gasteiger partial charge is 0.282 e. The van der Waals surface area contributed by atoms with E-state index in [2.05, 4.69) is 0 Å². The zero-order valence-electron chi connectivity index (χ0n) is 18.7. The van der Waals surface area contributed by atoms with Gasteiger partial charge in [0, 0.05) is 18.1 Å². The quantitative estimate of drug-likeness (QED) is 0.625. The minimum Gasteiger partial charge on any atom is -0.494 e. The van der Waals surface area contributed by atoms with Crippen molar-refractivity contribution in [2.24, 2.45) is 0 Å². The largest absolute Gasteiger partial charge is 0.494 e. The number of aryl methyl sites for hydroxylation is 1. The molecule has 0 N–H and O–H groups in total. The highest BCUT2D eigenvalue weighted by Gasteiger charge is 2.44. The van der Waals surface area contributed by atoms with Crippen molar-refractivity contribution >= 4 is 34.7 Å². The van der Waals surface area contributed by atoms with Crippen molar-refractivity contribution < 1.29 is 19.1 Å². The van der Waals surface area contributed by atoms with E-state index in [9.17, 15) is 9.59 Å². The number of morpholine rings is 1. The predicted octanol–water partition coefficient (Wildman–Crippen LogP) is 4.44. The Bertz CT molecular complexity index is 1070. The van der Waals surface area contributed by atoms with Gasteiger partial charge in [0.15, 0.2) is 0 Å². The summed E-state index contributed by atoms with van der Waals surface area (Å²) >= 11 is 6.31. The zero-order chi connectivity index (χ0) is 23.0. The molecule has 7 heteroatoms. The van der Waals surface area contributed by atoms with Gasteiger partial charge in [-0.15, -0.1) is 0 Å². The van der Waals surface area contributed by atoms with E-state index in [0.717, 1.165) is 5.56 Å². The number of ether oxygens (including phenoxy) is 2. The second kappa shape index (κ2) is 8.96. The third kappa shape index (κ3) is 4.12. The van der Waals surface area contributed by atoms with Gasteiger partial charge in [-0.05, 0) is 63.1 Å². The third-order valence-corrected chi connectivity index (χ3v) is 6.07. The molecule has 2 aromatic rings. The van der Waals surface area contributed by atoms with Crippen LogP contribution in [0, 0.1) is 6.92 Å². The number of carbonyl (C=O) groups excluding carboxylic acids is 2. The van der Waals surface area contributed by atoms with Crippen molar-refractivity contribution in [1.29, 1.82) is 0 Å². The molecule has 0 radical (unpaired) electrons. The van der Waals surface area contributed by atoms with Gasteiger partial charge in [0.05, 0.1) is 30.1 Å². The highest BCUT2D eigenvalue weighted by molar-refractivity contribution is 6.45. The lowest BCUT2D eigenvalue weighted by Crippen LogP contribution is -2.47. The molecule has 32 heavy (non-hydrogen) atoms. The molecular weight excluding hydrogens is 428 g/mol. The summed E-state index contributed by atoms with van der Waals surface area (Å²) in [5.41, 5.74) is 2.80. The molecule has 2 amide bonds. The number of benzene rings is 2. The van der Waals surface area contributed by atoms with E-state index >= 15 is 0 Å². The Morgan fingerprint density at radius 3 is 2.28 bits per heavy atom. The van der Waals surface area contributed by atoms with Crippen LogP contribution in [0.2, 0.25) is 5.02 Å². The summed E-state index contributed by atoms with van der Waals surface area (Å²) in [5, 5.41) is 0.507. The molecule has 2 unspecified atom stereocenters. The van der Waals surface area contributed by atoms with Crippen LogP contribution in [0.5, 0.6) is 5.75 Å². The van der Waals surface area contributed by atoms with E-state index in [1.54, 1.807) is 12.1 Å².